The number of carbonyl (C=O) groups excluding carboxylic acids is 3. The van der Waals surface area contributed by atoms with Crippen molar-refractivity contribution in [2.75, 3.05) is 13.1 Å². The van der Waals surface area contributed by atoms with Crippen LogP contribution in [0.2, 0.25) is 0 Å². The van der Waals surface area contributed by atoms with Crippen molar-refractivity contribution in [3.63, 3.8) is 0 Å². The van der Waals surface area contributed by atoms with E-state index >= 15 is 0 Å². The highest BCUT2D eigenvalue weighted by Gasteiger charge is 2.38. The highest BCUT2D eigenvalue weighted by molar-refractivity contribution is 5.90. The molecule has 33 heavy (non-hydrogen) atoms. The van der Waals surface area contributed by atoms with E-state index in [1.807, 2.05) is 36.4 Å². The Hall–Kier alpha value is -2.84. The van der Waals surface area contributed by atoms with E-state index in [9.17, 15) is 19.6 Å². The lowest BCUT2D eigenvalue weighted by Gasteiger charge is -2.30. The predicted molar refractivity (Wildman–Crippen MR) is 123 cm³/mol. The van der Waals surface area contributed by atoms with Crippen molar-refractivity contribution in [1.29, 1.82) is 0 Å². The van der Waals surface area contributed by atoms with Gasteiger partial charge in [0.1, 0.15) is 6.04 Å². The van der Waals surface area contributed by atoms with Crippen LogP contribution in [0.1, 0.15) is 50.6 Å². The van der Waals surface area contributed by atoms with Gasteiger partial charge in [0.2, 0.25) is 12.3 Å². The maximum Gasteiger partial charge on any atom is 0.242 e. The highest BCUT2D eigenvalue weighted by atomic mass is 16.5. The lowest BCUT2D eigenvalue weighted by molar-refractivity contribution is -0.159. The van der Waals surface area contributed by atoms with Crippen LogP contribution < -0.4 is 5.43 Å². The molecular formula is C25H32N4O4. The van der Waals surface area contributed by atoms with E-state index in [1.165, 1.54) is 5.01 Å². The second-order valence-electron chi connectivity index (χ2n) is 9.19. The van der Waals surface area contributed by atoms with Crippen molar-refractivity contribution in [3.8, 4) is 0 Å². The van der Waals surface area contributed by atoms with Gasteiger partial charge in [0.05, 0.1) is 18.0 Å². The summed E-state index contributed by atoms with van der Waals surface area (Å²) in [6.45, 7) is 0.488. The van der Waals surface area contributed by atoms with Crippen LogP contribution in [0.4, 0.5) is 0 Å². The number of amides is 2. The highest BCUT2D eigenvalue weighted by Crippen LogP contribution is 2.32. The first kappa shape index (κ1) is 23.3. The first-order chi connectivity index (χ1) is 16.0. The second kappa shape index (κ2) is 10.9. The summed E-state index contributed by atoms with van der Waals surface area (Å²) < 4.78 is 0. The molecule has 0 radical (unpaired) electrons. The summed E-state index contributed by atoms with van der Waals surface area (Å²) in [5, 5.41) is 12.8. The predicted octanol–water partition coefficient (Wildman–Crippen LogP) is 2.89. The molecule has 2 heterocycles. The van der Waals surface area contributed by atoms with Crippen molar-refractivity contribution in [2.24, 2.45) is 11.8 Å². The average Bonchev–Trinajstić information content (AvgIpc) is 3.53. The number of para-hydroxylation sites is 1. The third kappa shape index (κ3) is 5.75. The Kier molecular flexibility index (Phi) is 7.67. The van der Waals surface area contributed by atoms with Gasteiger partial charge in [0, 0.05) is 24.0 Å². The SMILES string of the molecule is O=CN(O)C[C@@H](CC1CCCC1)C(=O)N1NCC[C@H]1C(=O)CCc1ccc2ccccc2n1. The van der Waals surface area contributed by atoms with E-state index in [1.54, 1.807) is 0 Å². The number of nitrogens with one attached hydrogen (secondary N) is 1. The van der Waals surface area contributed by atoms with Crippen molar-refractivity contribution in [3.05, 3.63) is 42.1 Å². The molecule has 1 aromatic carbocycles. The number of ketones is 1. The van der Waals surface area contributed by atoms with Crippen molar-refractivity contribution < 1.29 is 19.6 Å². The number of benzene rings is 1. The molecular weight excluding hydrogens is 420 g/mol. The Labute approximate surface area is 193 Å². The summed E-state index contributed by atoms with van der Waals surface area (Å²) >= 11 is 0. The minimum atomic E-state index is -0.536. The molecule has 1 aliphatic carbocycles. The minimum absolute atomic E-state index is 0.000771. The molecule has 2 fully saturated rings. The molecule has 0 unspecified atom stereocenters. The number of aromatic nitrogens is 1. The maximum absolute atomic E-state index is 13.4. The fourth-order valence-corrected chi connectivity index (χ4v) is 5.13. The number of fused-ring (bicyclic) bond motifs is 1. The van der Waals surface area contributed by atoms with Gasteiger partial charge in [-0.3, -0.25) is 29.6 Å². The van der Waals surface area contributed by atoms with Gasteiger partial charge in [-0.25, -0.2) is 10.5 Å². The van der Waals surface area contributed by atoms with Gasteiger partial charge in [-0.1, -0.05) is 49.9 Å². The maximum atomic E-state index is 13.4. The Morgan fingerprint density at radius 2 is 1.97 bits per heavy atom. The van der Waals surface area contributed by atoms with Crippen LogP contribution in [0.25, 0.3) is 10.9 Å². The fourth-order valence-electron chi connectivity index (χ4n) is 5.13. The Morgan fingerprint density at radius 1 is 1.18 bits per heavy atom. The zero-order valence-corrected chi connectivity index (χ0v) is 18.9. The Morgan fingerprint density at radius 3 is 2.76 bits per heavy atom. The van der Waals surface area contributed by atoms with Gasteiger partial charge in [-0.05, 0) is 37.3 Å². The molecule has 2 amide bonds. The molecule has 1 aromatic heterocycles. The standard InChI is InChI=1S/C25H32N4O4/c30-17-28(33)16-20(15-18-5-1-2-6-18)25(32)29-23(13-14-26-29)24(31)12-11-21-10-9-19-7-3-4-8-22(19)27-21/h3-4,7-10,17-18,20,23,26,33H,1-2,5-6,11-16H2/t20-,23+/m1/s1. The minimum Gasteiger partial charge on any atom is -0.297 e. The number of hydroxylamine groups is 2. The average molecular weight is 453 g/mol. The summed E-state index contributed by atoms with van der Waals surface area (Å²) in [6, 6.07) is 11.3. The molecule has 1 saturated heterocycles. The molecule has 2 atom stereocenters. The zero-order valence-electron chi connectivity index (χ0n) is 18.9. The number of hydrogen-bond donors (Lipinski definition) is 2. The Balaban J connectivity index is 1.40. The lowest BCUT2D eigenvalue weighted by Crippen LogP contribution is -2.50. The van der Waals surface area contributed by atoms with Gasteiger partial charge in [0.25, 0.3) is 0 Å². The smallest absolute Gasteiger partial charge is 0.242 e. The van der Waals surface area contributed by atoms with Crippen molar-refractivity contribution in [2.45, 2.75) is 57.4 Å². The van der Waals surface area contributed by atoms with Crippen LogP contribution in [0.15, 0.2) is 36.4 Å². The van der Waals surface area contributed by atoms with Crippen LogP contribution in [-0.2, 0) is 20.8 Å². The third-order valence-electron chi connectivity index (χ3n) is 6.88. The molecule has 1 saturated carbocycles. The van der Waals surface area contributed by atoms with E-state index < -0.39 is 12.0 Å². The largest absolute Gasteiger partial charge is 0.297 e. The summed E-state index contributed by atoms with van der Waals surface area (Å²) in [7, 11) is 0. The first-order valence-electron chi connectivity index (χ1n) is 11.9. The molecule has 0 spiro atoms. The number of Topliss-reactive ketones (excluding diaryl/α,β-unsaturated/α-hetero) is 1. The number of aryl methyl sites for hydroxylation is 1. The van der Waals surface area contributed by atoms with E-state index in [-0.39, 0.29) is 18.2 Å². The lowest BCUT2D eigenvalue weighted by atomic mass is 9.91. The summed E-state index contributed by atoms with van der Waals surface area (Å²) in [5.41, 5.74) is 4.82. The molecule has 8 nitrogen and oxygen atoms in total. The van der Waals surface area contributed by atoms with E-state index in [0.29, 0.717) is 49.6 Å². The summed E-state index contributed by atoms with van der Waals surface area (Å²) in [4.78, 5) is 42.0. The summed E-state index contributed by atoms with van der Waals surface area (Å²) in [6.07, 6.45) is 6.73. The van der Waals surface area contributed by atoms with E-state index in [4.69, 9.17) is 0 Å². The number of carbonyl (C=O) groups is 3. The quantitative estimate of drug-likeness (QED) is 0.326. The van der Waals surface area contributed by atoms with Crippen LogP contribution in [0.5, 0.6) is 0 Å². The molecule has 8 heteroatoms. The fraction of sp³-hybridized carbons (Fsp3) is 0.520. The number of hydrogen-bond acceptors (Lipinski definition) is 6. The molecule has 0 bridgehead atoms. The zero-order chi connectivity index (χ0) is 23.2. The van der Waals surface area contributed by atoms with Crippen LogP contribution in [0, 0.1) is 11.8 Å². The van der Waals surface area contributed by atoms with E-state index in [2.05, 4.69) is 10.4 Å². The monoisotopic (exact) mass is 452 g/mol. The summed E-state index contributed by atoms with van der Waals surface area (Å²) in [5.74, 6) is -0.345. The molecule has 4 rings (SSSR count). The number of nitrogens with zero attached hydrogens (tertiary/aromatic N) is 3. The van der Waals surface area contributed by atoms with Gasteiger partial charge in [-0.2, -0.15) is 0 Å². The van der Waals surface area contributed by atoms with Gasteiger partial charge in [-0.15, -0.1) is 0 Å². The Bertz CT molecular complexity index is 991. The molecule has 176 valence electrons. The number of rotatable bonds is 10. The van der Waals surface area contributed by atoms with Crippen molar-refractivity contribution >= 4 is 29.0 Å². The second-order valence-corrected chi connectivity index (χ2v) is 9.19. The van der Waals surface area contributed by atoms with Crippen LogP contribution in [0.3, 0.4) is 0 Å². The molecule has 1 aliphatic heterocycles. The first-order valence-corrected chi connectivity index (χ1v) is 11.9. The third-order valence-corrected chi connectivity index (χ3v) is 6.88. The van der Waals surface area contributed by atoms with E-state index in [0.717, 1.165) is 42.3 Å². The van der Waals surface area contributed by atoms with Gasteiger partial charge in [0.15, 0.2) is 5.78 Å². The van der Waals surface area contributed by atoms with Crippen molar-refractivity contribution in [1.82, 2.24) is 20.5 Å². The number of hydrazine groups is 1. The number of pyridine rings is 1. The molecule has 2 aromatic rings. The topological polar surface area (TPSA) is 103 Å². The van der Waals surface area contributed by atoms with Crippen LogP contribution in [-0.4, -0.2) is 57.5 Å². The van der Waals surface area contributed by atoms with Gasteiger partial charge >= 0.3 is 0 Å². The van der Waals surface area contributed by atoms with Crippen LogP contribution >= 0.6 is 0 Å². The molecule has 2 aliphatic rings. The van der Waals surface area contributed by atoms with Gasteiger partial charge < -0.3 is 0 Å². The normalized spacial score (nSPS) is 19.7. The molecule has 2 N–H and O–H groups in total.